The fourth-order valence-electron chi connectivity index (χ4n) is 2.33. The minimum absolute atomic E-state index is 0.0262. The Kier molecular flexibility index (Phi) is 5.29. The summed E-state index contributed by atoms with van der Waals surface area (Å²) in [6.45, 7) is 0. The summed E-state index contributed by atoms with van der Waals surface area (Å²) in [5.41, 5.74) is 1.65. The molecule has 0 saturated heterocycles. The zero-order valence-corrected chi connectivity index (χ0v) is 13.7. The Hall–Kier alpha value is -2.59. The number of hydrogen-bond acceptors (Lipinski definition) is 2. The summed E-state index contributed by atoms with van der Waals surface area (Å²) >= 11 is 1.40. The topological polar surface area (TPSA) is 20.3 Å². The zero-order valence-electron chi connectivity index (χ0n) is 12.9. The molecule has 0 aromatic heterocycles. The van der Waals surface area contributed by atoms with Crippen LogP contribution < -0.4 is 4.90 Å². The summed E-state index contributed by atoms with van der Waals surface area (Å²) in [7, 11) is 0. The highest BCUT2D eigenvalue weighted by atomic mass is 32.2. The highest BCUT2D eigenvalue weighted by Crippen LogP contribution is 2.27. The average Bonchev–Trinajstić information content (AvgIpc) is 2.63. The molecule has 0 aliphatic carbocycles. The molecule has 0 spiro atoms. The van der Waals surface area contributed by atoms with Gasteiger partial charge in [-0.05, 0) is 48.5 Å². The van der Waals surface area contributed by atoms with Gasteiger partial charge in [0.25, 0.3) is 0 Å². The van der Waals surface area contributed by atoms with Crippen LogP contribution in [0.5, 0.6) is 0 Å². The first-order valence-electron chi connectivity index (χ1n) is 7.55. The highest BCUT2D eigenvalue weighted by molar-refractivity contribution is 8.00. The molecule has 3 rings (SSSR count). The Labute approximate surface area is 144 Å². The monoisotopic (exact) mass is 337 g/mol. The Morgan fingerprint density at radius 2 is 1.29 bits per heavy atom. The molecule has 24 heavy (non-hydrogen) atoms. The lowest BCUT2D eigenvalue weighted by atomic mass is 10.2. The molecule has 0 heterocycles. The van der Waals surface area contributed by atoms with Crippen molar-refractivity contribution in [3.8, 4) is 0 Å². The molecule has 4 heteroatoms. The quantitative estimate of drug-likeness (QED) is 0.590. The van der Waals surface area contributed by atoms with Gasteiger partial charge in [0.15, 0.2) is 0 Å². The Morgan fingerprint density at radius 3 is 1.79 bits per heavy atom. The van der Waals surface area contributed by atoms with Crippen LogP contribution in [-0.2, 0) is 4.79 Å². The molecule has 2 nitrogen and oxygen atoms in total. The smallest absolute Gasteiger partial charge is 0.241 e. The third-order valence-corrected chi connectivity index (χ3v) is 4.45. The Morgan fingerprint density at radius 1 is 0.792 bits per heavy atom. The molecule has 0 N–H and O–H groups in total. The van der Waals surface area contributed by atoms with E-state index in [1.807, 2.05) is 60.7 Å². The predicted molar refractivity (Wildman–Crippen MR) is 97.2 cm³/mol. The van der Waals surface area contributed by atoms with Gasteiger partial charge in [-0.1, -0.05) is 36.4 Å². The van der Waals surface area contributed by atoms with Crippen LogP contribution in [0.2, 0.25) is 0 Å². The van der Waals surface area contributed by atoms with Gasteiger partial charge >= 0.3 is 0 Å². The average molecular weight is 337 g/mol. The molecule has 0 unspecified atom stereocenters. The van der Waals surface area contributed by atoms with Crippen LogP contribution in [0.1, 0.15) is 0 Å². The summed E-state index contributed by atoms with van der Waals surface area (Å²) in [5.74, 6) is -0.0299. The van der Waals surface area contributed by atoms with Crippen LogP contribution in [0.15, 0.2) is 89.8 Å². The lowest BCUT2D eigenvalue weighted by Crippen LogP contribution is -2.27. The molecule has 120 valence electrons. The van der Waals surface area contributed by atoms with Crippen molar-refractivity contribution in [3.63, 3.8) is 0 Å². The SMILES string of the molecule is O=C(CSc1ccc(F)cc1)N(c1ccccc1)c1ccccc1. The van der Waals surface area contributed by atoms with Crippen molar-refractivity contribution in [2.75, 3.05) is 10.7 Å². The van der Waals surface area contributed by atoms with Crippen molar-refractivity contribution < 1.29 is 9.18 Å². The number of para-hydroxylation sites is 2. The predicted octanol–water partition coefficient (Wildman–Crippen LogP) is 5.28. The van der Waals surface area contributed by atoms with Gasteiger partial charge in [0, 0.05) is 16.3 Å². The van der Waals surface area contributed by atoms with Gasteiger partial charge in [-0.25, -0.2) is 4.39 Å². The van der Waals surface area contributed by atoms with E-state index in [0.29, 0.717) is 0 Å². The van der Waals surface area contributed by atoms with Gasteiger partial charge in [-0.15, -0.1) is 11.8 Å². The van der Waals surface area contributed by atoms with Gasteiger partial charge in [-0.2, -0.15) is 0 Å². The van der Waals surface area contributed by atoms with Crippen molar-refractivity contribution in [2.45, 2.75) is 4.90 Å². The minimum Gasteiger partial charge on any atom is -0.280 e. The maximum atomic E-state index is 13.0. The molecule has 0 atom stereocenters. The normalized spacial score (nSPS) is 10.4. The van der Waals surface area contributed by atoms with Gasteiger partial charge in [0.2, 0.25) is 5.91 Å². The fourth-order valence-corrected chi connectivity index (χ4v) is 3.08. The fraction of sp³-hybridized carbons (Fsp3) is 0.0500. The number of benzene rings is 3. The van der Waals surface area contributed by atoms with Crippen molar-refractivity contribution in [2.24, 2.45) is 0 Å². The third kappa shape index (κ3) is 4.03. The number of nitrogens with zero attached hydrogens (tertiary/aromatic N) is 1. The van der Waals surface area contributed by atoms with E-state index < -0.39 is 0 Å². The van der Waals surface area contributed by atoms with E-state index in [-0.39, 0.29) is 17.5 Å². The van der Waals surface area contributed by atoms with Crippen LogP contribution in [-0.4, -0.2) is 11.7 Å². The number of amides is 1. The van der Waals surface area contributed by atoms with E-state index in [1.54, 1.807) is 17.0 Å². The van der Waals surface area contributed by atoms with E-state index in [4.69, 9.17) is 0 Å². The van der Waals surface area contributed by atoms with Crippen LogP contribution in [0.4, 0.5) is 15.8 Å². The molecule has 0 bridgehead atoms. The second kappa shape index (κ2) is 7.79. The van der Waals surface area contributed by atoms with Crippen molar-refractivity contribution in [3.05, 3.63) is 90.7 Å². The Bertz CT molecular complexity index is 751. The number of anilines is 2. The molecular formula is C20H16FNOS. The maximum Gasteiger partial charge on any atom is 0.241 e. The van der Waals surface area contributed by atoms with E-state index >= 15 is 0 Å². The van der Waals surface area contributed by atoms with Crippen molar-refractivity contribution in [1.29, 1.82) is 0 Å². The van der Waals surface area contributed by atoms with E-state index in [9.17, 15) is 9.18 Å². The second-order valence-electron chi connectivity index (χ2n) is 5.14. The molecular weight excluding hydrogens is 321 g/mol. The molecule has 0 aliphatic rings. The van der Waals surface area contributed by atoms with Gasteiger partial charge in [0.1, 0.15) is 5.82 Å². The lowest BCUT2D eigenvalue weighted by Gasteiger charge is -2.23. The summed E-state index contributed by atoms with van der Waals surface area (Å²) in [6, 6.07) is 25.3. The van der Waals surface area contributed by atoms with Gasteiger partial charge in [0.05, 0.1) is 5.75 Å². The van der Waals surface area contributed by atoms with Crippen LogP contribution >= 0.6 is 11.8 Å². The number of rotatable bonds is 5. The number of thioether (sulfide) groups is 1. The number of halogens is 1. The number of carbonyl (C=O) groups is 1. The lowest BCUT2D eigenvalue weighted by molar-refractivity contribution is -0.115. The van der Waals surface area contributed by atoms with E-state index in [2.05, 4.69) is 0 Å². The molecule has 3 aromatic carbocycles. The summed E-state index contributed by atoms with van der Waals surface area (Å²) in [6.07, 6.45) is 0. The van der Waals surface area contributed by atoms with Gasteiger partial charge in [-0.3, -0.25) is 9.69 Å². The summed E-state index contributed by atoms with van der Waals surface area (Å²) < 4.78 is 13.0. The molecule has 0 radical (unpaired) electrons. The van der Waals surface area contributed by atoms with Crippen molar-refractivity contribution in [1.82, 2.24) is 0 Å². The molecule has 0 fully saturated rings. The maximum absolute atomic E-state index is 13.0. The highest BCUT2D eigenvalue weighted by Gasteiger charge is 2.17. The summed E-state index contributed by atoms with van der Waals surface area (Å²) in [5, 5.41) is 0. The molecule has 1 amide bonds. The Balaban J connectivity index is 1.80. The van der Waals surface area contributed by atoms with Crippen LogP contribution in [0.3, 0.4) is 0 Å². The van der Waals surface area contributed by atoms with E-state index in [0.717, 1.165) is 16.3 Å². The number of hydrogen-bond donors (Lipinski definition) is 0. The minimum atomic E-state index is -0.277. The largest absolute Gasteiger partial charge is 0.280 e. The molecule has 0 saturated carbocycles. The van der Waals surface area contributed by atoms with Crippen molar-refractivity contribution >= 4 is 29.0 Å². The van der Waals surface area contributed by atoms with Gasteiger partial charge < -0.3 is 0 Å². The first kappa shape index (κ1) is 16.3. The number of carbonyl (C=O) groups excluding carboxylic acids is 1. The van der Waals surface area contributed by atoms with Crippen LogP contribution in [0, 0.1) is 5.82 Å². The van der Waals surface area contributed by atoms with Crippen LogP contribution in [0.25, 0.3) is 0 Å². The van der Waals surface area contributed by atoms with E-state index in [1.165, 1.54) is 23.9 Å². The standard InChI is InChI=1S/C20H16FNOS/c21-16-11-13-19(14-12-16)24-15-20(23)22(17-7-3-1-4-8-17)18-9-5-2-6-10-18/h1-14H,15H2. The first-order valence-corrected chi connectivity index (χ1v) is 8.54. The first-order chi connectivity index (χ1) is 11.7. The zero-order chi connectivity index (χ0) is 16.8. The molecule has 0 aliphatic heterocycles. The summed E-state index contributed by atoms with van der Waals surface area (Å²) in [4.78, 5) is 15.4. The second-order valence-corrected chi connectivity index (χ2v) is 6.19. The molecule has 3 aromatic rings. The third-order valence-electron chi connectivity index (χ3n) is 3.45.